The van der Waals surface area contributed by atoms with E-state index < -0.39 is 5.91 Å². The second-order valence-electron chi connectivity index (χ2n) is 9.18. The minimum atomic E-state index is -0.425. The lowest BCUT2D eigenvalue weighted by atomic mass is 9.68. The van der Waals surface area contributed by atoms with Gasteiger partial charge in [-0.1, -0.05) is 20.8 Å². The van der Waals surface area contributed by atoms with Crippen LogP contribution in [0.4, 0.5) is 0 Å². The van der Waals surface area contributed by atoms with Crippen LogP contribution in [-0.2, 0) is 16.1 Å². The number of rotatable bonds is 8. The van der Waals surface area contributed by atoms with Crippen LogP contribution in [0.5, 0.6) is 0 Å². The molecule has 0 aliphatic heterocycles. The Bertz CT molecular complexity index is 850. The zero-order valence-corrected chi connectivity index (χ0v) is 19.3. The Labute approximate surface area is 186 Å². The molecule has 2 aliphatic rings. The monoisotopic (exact) mass is 475 g/mol. The Balaban J connectivity index is 1.57. The molecule has 1 heterocycles. The van der Waals surface area contributed by atoms with Crippen molar-refractivity contribution in [1.82, 2.24) is 20.9 Å². The van der Waals surface area contributed by atoms with Crippen LogP contribution in [0.1, 0.15) is 45.6 Å². The number of aromatic nitrogens is 1. The minimum absolute atomic E-state index is 0.0951. The van der Waals surface area contributed by atoms with Gasteiger partial charge in [-0.2, -0.15) is 0 Å². The molecule has 0 saturated heterocycles. The topological polar surface area (TPSA) is 107 Å². The molecular weight excluding hydrogens is 446 g/mol. The van der Waals surface area contributed by atoms with Crippen LogP contribution in [0, 0.1) is 22.2 Å². The first-order chi connectivity index (χ1) is 14.2. The summed E-state index contributed by atoms with van der Waals surface area (Å²) in [7, 11) is 0. The summed E-state index contributed by atoms with van der Waals surface area (Å²) in [6.07, 6.45) is 8.06. The van der Waals surface area contributed by atoms with Crippen molar-refractivity contribution >= 4 is 34.0 Å². The number of amides is 2. The molecule has 2 bridgehead atoms. The summed E-state index contributed by atoms with van der Waals surface area (Å²) in [4.78, 5) is 28.5. The van der Waals surface area contributed by atoms with Gasteiger partial charge in [0.2, 0.25) is 5.91 Å². The van der Waals surface area contributed by atoms with Crippen LogP contribution in [0.15, 0.2) is 34.7 Å². The van der Waals surface area contributed by atoms with Gasteiger partial charge in [-0.05, 0) is 69.6 Å². The van der Waals surface area contributed by atoms with Crippen LogP contribution in [0.2, 0.25) is 0 Å². The molecule has 0 aromatic carbocycles. The number of halogens is 1. The van der Waals surface area contributed by atoms with Crippen LogP contribution >= 0.6 is 15.9 Å². The van der Waals surface area contributed by atoms with Gasteiger partial charge in [0.1, 0.15) is 4.48 Å². The van der Waals surface area contributed by atoms with Crippen LogP contribution < -0.4 is 16.0 Å². The molecule has 1 unspecified atom stereocenters. The third-order valence-corrected chi connectivity index (χ3v) is 7.59. The molecular formula is C22H30BrN5O2. The van der Waals surface area contributed by atoms with E-state index in [1.54, 1.807) is 12.4 Å². The second kappa shape index (κ2) is 8.88. The number of pyridine rings is 1. The summed E-state index contributed by atoms with van der Waals surface area (Å²) in [5, 5.41) is 16.6. The Morgan fingerprint density at radius 2 is 1.97 bits per heavy atom. The molecule has 0 spiro atoms. The maximum atomic E-state index is 12.5. The number of carbonyl (C=O) groups is 2. The molecule has 1 aromatic heterocycles. The van der Waals surface area contributed by atoms with E-state index in [1.165, 1.54) is 19.1 Å². The molecule has 2 saturated carbocycles. The third-order valence-electron chi connectivity index (χ3n) is 6.80. The maximum absolute atomic E-state index is 12.5. The molecule has 0 radical (unpaired) electrons. The molecule has 7 nitrogen and oxygen atoms in total. The van der Waals surface area contributed by atoms with Gasteiger partial charge < -0.3 is 21.4 Å². The van der Waals surface area contributed by atoms with E-state index >= 15 is 0 Å². The highest BCUT2D eigenvalue weighted by Crippen LogP contribution is 2.62. The normalized spacial score (nSPS) is 27.2. The predicted octanol–water partition coefficient (Wildman–Crippen LogP) is 2.87. The number of hydrogen-bond acceptors (Lipinski definition) is 5. The van der Waals surface area contributed by atoms with Crippen LogP contribution in [0.3, 0.4) is 0 Å². The Morgan fingerprint density at radius 1 is 1.27 bits per heavy atom. The third kappa shape index (κ3) is 4.58. The van der Waals surface area contributed by atoms with Crippen LogP contribution in [0.25, 0.3) is 0 Å². The van der Waals surface area contributed by atoms with Gasteiger partial charge in [0.05, 0.1) is 12.2 Å². The highest BCUT2D eigenvalue weighted by molar-refractivity contribution is 9.12. The smallest absolute Gasteiger partial charge is 0.260 e. The molecule has 1 aromatic rings. The maximum Gasteiger partial charge on any atom is 0.260 e. The highest BCUT2D eigenvalue weighted by Gasteiger charge is 2.59. The first kappa shape index (κ1) is 22.5. The van der Waals surface area contributed by atoms with Crippen molar-refractivity contribution in [2.24, 2.45) is 16.7 Å². The largest absolute Gasteiger partial charge is 0.379 e. The lowest BCUT2D eigenvalue weighted by molar-refractivity contribution is -0.124. The first-order valence-electron chi connectivity index (χ1n) is 10.3. The van der Waals surface area contributed by atoms with E-state index in [2.05, 4.69) is 57.6 Å². The summed E-state index contributed by atoms with van der Waals surface area (Å²) < 4.78 is 0.238. The summed E-state index contributed by atoms with van der Waals surface area (Å²) in [5.41, 5.74) is 1.64. The average Bonchev–Trinajstić information content (AvgIpc) is 3.21. The lowest BCUT2D eigenvalue weighted by Crippen LogP contribution is -2.50. The van der Waals surface area contributed by atoms with Crippen molar-refractivity contribution in [2.45, 2.75) is 52.6 Å². The summed E-state index contributed by atoms with van der Waals surface area (Å²) in [6, 6.07) is 3.82. The van der Waals surface area contributed by atoms with Gasteiger partial charge in [-0.25, -0.2) is 0 Å². The van der Waals surface area contributed by atoms with Crippen molar-refractivity contribution in [3.05, 3.63) is 40.3 Å². The van der Waals surface area contributed by atoms with E-state index in [0.717, 1.165) is 12.0 Å². The van der Waals surface area contributed by atoms with E-state index in [0.29, 0.717) is 18.2 Å². The number of allylic oxidation sites excluding steroid dienone is 1. The Morgan fingerprint density at radius 3 is 2.57 bits per heavy atom. The number of fused-ring (bicyclic) bond motifs is 2. The quantitative estimate of drug-likeness (QED) is 0.342. The average molecular weight is 476 g/mol. The Kier molecular flexibility index (Phi) is 6.65. The van der Waals surface area contributed by atoms with Crippen molar-refractivity contribution in [3.63, 3.8) is 0 Å². The summed E-state index contributed by atoms with van der Waals surface area (Å²) >= 11 is 3.33. The van der Waals surface area contributed by atoms with Crippen molar-refractivity contribution < 1.29 is 9.59 Å². The SMILES string of the molecule is CC12CC[C@@H](C1)C(C)(C)[C@@H]2N/C(C=N)=C(\Br)C(=O)NCC(=O)NCc1ccncc1. The summed E-state index contributed by atoms with van der Waals surface area (Å²) in [6.45, 7) is 7.06. The molecule has 2 fully saturated rings. The number of nitrogens with zero attached hydrogens (tertiary/aromatic N) is 1. The molecule has 162 valence electrons. The van der Waals surface area contributed by atoms with Gasteiger partial charge >= 0.3 is 0 Å². The molecule has 3 rings (SSSR count). The first-order valence-corrected chi connectivity index (χ1v) is 11.1. The number of hydrogen-bond donors (Lipinski definition) is 4. The van der Waals surface area contributed by atoms with Gasteiger partial charge in [0.15, 0.2) is 0 Å². The number of carbonyl (C=O) groups excluding carboxylic acids is 2. The van der Waals surface area contributed by atoms with Gasteiger partial charge in [0.25, 0.3) is 5.91 Å². The number of nitrogens with one attached hydrogen (secondary N) is 4. The van der Waals surface area contributed by atoms with Crippen molar-refractivity contribution in [3.8, 4) is 0 Å². The fraction of sp³-hybridized carbons (Fsp3) is 0.545. The van der Waals surface area contributed by atoms with E-state index in [-0.39, 0.29) is 33.8 Å². The highest BCUT2D eigenvalue weighted by atomic mass is 79.9. The zero-order valence-electron chi connectivity index (χ0n) is 17.7. The second-order valence-corrected chi connectivity index (χ2v) is 9.97. The standard InChI is InChI=1S/C22H30BrN5O2/c1-21(2)15-4-7-22(3,10-15)20(21)28-16(11-24)18(23)19(30)27-13-17(29)26-12-14-5-8-25-9-6-14/h5-6,8-9,11,15,20,24,28H,4,7,10,12-13H2,1-3H3,(H,26,29)(H,27,30)/b18-16-,24-11?/t15-,20-,22?/m0/s1. The predicted molar refractivity (Wildman–Crippen MR) is 120 cm³/mol. The van der Waals surface area contributed by atoms with Gasteiger partial charge in [-0.3, -0.25) is 14.6 Å². The molecule has 3 atom stereocenters. The molecule has 4 N–H and O–H groups in total. The zero-order chi connectivity index (χ0) is 21.9. The lowest BCUT2D eigenvalue weighted by Gasteiger charge is -2.43. The van der Waals surface area contributed by atoms with Crippen molar-refractivity contribution in [1.29, 1.82) is 5.41 Å². The molecule has 2 amide bonds. The molecule has 30 heavy (non-hydrogen) atoms. The van der Waals surface area contributed by atoms with Gasteiger partial charge in [-0.15, -0.1) is 0 Å². The fourth-order valence-electron chi connectivity index (χ4n) is 5.11. The van der Waals surface area contributed by atoms with E-state index in [1.807, 2.05) is 12.1 Å². The fourth-order valence-corrected chi connectivity index (χ4v) is 5.48. The minimum Gasteiger partial charge on any atom is -0.379 e. The molecule has 8 heteroatoms. The van der Waals surface area contributed by atoms with Crippen LogP contribution in [-0.4, -0.2) is 35.6 Å². The molecule has 2 aliphatic carbocycles. The van der Waals surface area contributed by atoms with E-state index in [4.69, 9.17) is 5.41 Å². The van der Waals surface area contributed by atoms with Crippen molar-refractivity contribution in [2.75, 3.05) is 6.54 Å². The van der Waals surface area contributed by atoms with Gasteiger partial charge in [0, 0.05) is 31.2 Å². The summed E-state index contributed by atoms with van der Waals surface area (Å²) in [5.74, 6) is -0.0542. The van der Waals surface area contributed by atoms with E-state index in [9.17, 15) is 9.59 Å². The Hall–Kier alpha value is -2.22.